The van der Waals surface area contributed by atoms with Crippen LogP contribution in [0.2, 0.25) is 0 Å². The number of Topliss-reactive ketones (excluding diaryl/α,β-unsaturated/α-hetero) is 1. The maximum atomic E-state index is 11.0. The Labute approximate surface area is 82.4 Å². The highest BCUT2D eigenvalue weighted by Gasteiger charge is 2.12. The number of hydrogen-bond donors (Lipinski definition) is 0. The van der Waals surface area contributed by atoms with Crippen molar-refractivity contribution in [1.29, 1.82) is 0 Å². The summed E-state index contributed by atoms with van der Waals surface area (Å²) in [5, 5.41) is 0. The predicted molar refractivity (Wildman–Crippen MR) is 47.5 cm³/mol. The highest BCUT2D eigenvalue weighted by Crippen LogP contribution is 1.95. The fourth-order valence-electron chi connectivity index (χ4n) is 0.699. The minimum Gasteiger partial charge on any atom is -0.463 e. The second-order valence-corrected chi connectivity index (χ2v) is 3.03. The molecule has 0 radical (unpaired) electrons. The first-order valence-electron chi connectivity index (χ1n) is 4.26. The van der Waals surface area contributed by atoms with E-state index in [4.69, 9.17) is 4.74 Å². The standard InChI is InChI=1S/C9H14O5/c1-6(2)14-9(12)4-8(11)5-13-7(3)10/h6H,4-5H2,1-3H3. The van der Waals surface area contributed by atoms with Gasteiger partial charge in [0, 0.05) is 6.92 Å². The zero-order chi connectivity index (χ0) is 11.1. The van der Waals surface area contributed by atoms with Crippen molar-refractivity contribution in [1.82, 2.24) is 0 Å². The van der Waals surface area contributed by atoms with Crippen molar-refractivity contribution in [3.63, 3.8) is 0 Å². The van der Waals surface area contributed by atoms with Crippen molar-refractivity contribution in [2.75, 3.05) is 6.61 Å². The van der Waals surface area contributed by atoms with Gasteiger partial charge >= 0.3 is 11.9 Å². The fraction of sp³-hybridized carbons (Fsp3) is 0.667. The normalized spacial score (nSPS) is 9.71. The van der Waals surface area contributed by atoms with E-state index in [1.54, 1.807) is 13.8 Å². The molecule has 0 unspecified atom stereocenters. The molecule has 0 aromatic heterocycles. The number of ketones is 1. The molecule has 0 heterocycles. The Morgan fingerprint density at radius 1 is 1.21 bits per heavy atom. The molecule has 0 saturated carbocycles. The first-order valence-corrected chi connectivity index (χ1v) is 4.26. The van der Waals surface area contributed by atoms with Crippen molar-refractivity contribution < 1.29 is 23.9 Å². The molecule has 0 rings (SSSR count). The number of carbonyl (C=O) groups is 3. The average Bonchev–Trinajstić information content (AvgIpc) is 1.98. The Balaban J connectivity index is 3.72. The molecule has 0 aliphatic heterocycles. The van der Waals surface area contributed by atoms with Crippen LogP contribution in [-0.2, 0) is 23.9 Å². The lowest BCUT2D eigenvalue weighted by atomic mass is 10.3. The Morgan fingerprint density at radius 2 is 1.79 bits per heavy atom. The van der Waals surface area contributed by atoms with E-state index in [0.717, 1.165) is 0 Å². The molecule has 0 aromatic rings. The highest BCUT2D eigenvalue weighted by molar-refractivity contribution is 5.96. The van der Waals surface area contributed by atoms with Gasteiger partial charge < -0.3 is 9.47 Å². The van der Waals surface area contributed by atoms with Gasteiger partial charge in [0.15, 0.2) is 12.4 Å². The molecule has 0 aromatic carbocycles. The molecule has 5 heteroatoms. The van der Waals surface area contributed by atoms with E-state index in [0.29, 0.717) is 0 Å². The van der Waals surface area contributed by atoms with Crippen molar-refractivity contribution in [3.8, 4) is 0 Å². The van der Waals surface area contributed by atoms with E-state index in [1.807, 2.05) is 0 Å². The summed E-state index contributed by atoms with van der Waals surface area (Å²) in [6, 6.07) is 0. The van der Waals surface area contributed by atoms with E-state index >= 15 is 0 Å². The number of rotatable bonds is 5. The van der Waals surface area contributed by atoms with Crippen LogP contribution in [0.5, 0.6) is 0 Å². The second kappa shape index (κ2) is 6.12. The zero-order valence-electron chi connectivity index (χ0n) is 8.53. The van der Waals surface area contributed by atoms with Gasteiger partial charge in [0.1, 0.15) is 6.42 Å². The summed E-state index contributed by atoms with van der Waals surface area (Å²) >= 11 is 0. The second-order valence-electron chi connectivity index (χ2n) is 3.03. The molecule has 0 fully saturated rings. The van der Waals surface area contributed by atoms with Crippen LogP contribution in [0.4, 0.5) is 0 Å². The highest BCUT2D eigenvalue weighted by atomic mass is 16.5. The molecule has 0 bridgehead atoms. The molecule has 0 spiro atoms. The van der Waals surface area contributed by atoms with Gasteiger partial charge in [-0.1, -0.05) is 0 Å². The molecular formula is C9H14O5. The molecule has 14 heavy (non-hydrogen) atoms. The third-order valence-corrected chi connectivity index (χ3v) is 1.15. The summed E-state index contributed by atoms with van der Waals surface area (Å²) in [5.74, 6) is -1.61. The molecular weight excluding hydrogens is 188 g/mol. The summed E-state index contributed by atoms with van der Waals surface area (Å²) in [6.45, 7) is 4.20. The quantitative estimate of drug-likeness (QED) is 0.478. The van der Waals surface area contributed by atoms with Crippen LogP contribution in [0.1, 0.15) is 27.2 Å². The third-order valence-electron chi connectivity index (χ3n) is 1.15. The Kier molecular flexibility index (Phi) is 5.52. The van der Waals surface area contributed by atoms with Crippen LogP contribution >= 0.6 is 0 Å². The van der Waals surface area contributed by atoms with Gasteiger partial charge in [-0.05, 0) is 13.8 Å². The summed E-state index contributed by atoms with van der Waals surface area (Å²) < 4.78 is 9.14. The number of ether oxygens (including phenoxy) is 2. The van der Waals surface area contributed by atoms with E-state index in [2.05, 4.69) is 4.74 Å². The molecule has 0 amide bonds. The summed E-state index contributed by atoms with van der Waals surface area (Å²) in [6.07, 6.45) is -0.602. The largest absolute Gasteiger partial charge is 0.463 e. The molecule has 80 valence electrons. The summed E-state index contributed by atoms with van der Waals surface area (Å²) in [5.41, 5.74) is 0. The smallest absolute Gasteiger partial charge is 0.313 e. The Hall–Kier alpha value is -1.39. The van der Waals surface area contributed by atoms with Gasteiger partial charge in [-0.3, -0.25) is 14.4 Å². The maximum Gasteiger partial charge on any atom is 0.313 e. The fourth-order valence-corrected chi connectivity index (χ4v) is 0.699. The van der Waals surface area contributed by atoms with E-state index < -0.39 is 17.7 Å². The first kappa shape index (κ1) is 12.6. The predicted octanol–water partition coefficient (Wildman–Crippen LogP) is 0.460. The van der Waals surface area contributed by atoms with Gasteiger partial charge in [-0.2, -0.15) is 0 Å². The third kappa shape index (κ3) is 7.27. The lowest BCUT2D eigenvalue weighted by Gasteiger charge is -2.06. The first-order chi connectivity index (χ1) is 6.41. The van der Waals surface area contributed by atoms with Crippen LogP contribution in [-0.4, -0.2) is 30.4 Å². The van der Waals surface area contributed by atoms with Crippen molar-refractivity contribution in [2.45, 2.75) is 33.3 Å². The molecule has 0 aliphatic rings. The molecule has 0 saturated heterocycles. The van der Waals surface area contributed by atoms with Gasteiger partial charge in [0.2, 0.25) is 0 Å². The van der Waals surface area contributed by atoms with Crippen LogP contribution in [0.25, 0.3) is 0 Å². The monoisotopic (exact) mass is 202 g/mol. The van der Waals surface area contributed by atoms with Crippen molar-refractivity contribution in [2.24, 2.45) is 0 Å². The summed E-state index contributed by atoms with van der Waals surface area (Å²) in [7, 11) is 0. The van der Waals surface area contributed by atoms with Gasteiger partial charge in [0.05, 0.1) is 6.10 Å². The number of carbonyl (C=O) groups excluding carboxylic acids is 3. The molecule has 0 N–H and O–H groups in total. The van der Waals surface area contributed by atoms with Crippen LogP contribution in [0.3, 0.4) is 0 Å². The maximum absolute atomic E-state index is 11.0. The topological polar surface area (TPSA) is 69.7 Å². The van der Waals surface area contributed by atoms with E-state index in [9.17, 15) is 14.4 Å². The van der Waals surface area contributed by atoms with Crippen molar-refractivity contribution >= 4 is 17.7 Å². The van der Waals surface area contributed by atoms with Crippen LogP contribution < -0.4 is 0 Å². The minimum absolute atomic E-state index is 0.246. The molecule has 5 nitrogen and oxygen atoms in total. The van der Waals surface area contributed by atoms with Crippen LogP contribution in [0.15, 0.2) is 0 Å². The minimum atomic E-state index is -0.600. The Morgan fingerprint density at radius 3 is 2.21 bits per heavy atom. The number of esters is 2. The number of hydrogen-bond acceptors (Lipinski definition) is 5. The van der Waals surface area contributed by atoms with Gasteiger partial charge in [-0.15, -0.1) is 0 Å². The lowest BCUT2D eigenvalue weighted by Crippen LogP contribution is -2.19. The molecule has 0 aliphatic carbocycles. The SMILES string of the molecule is CC(=O)OCC(=O)CC(=O)OC(C)C. The van der Waals surface area contributed by atoms with E-state index in [1.165, 1.54) is 6.92 Å². The van der Waals surface area contributed by atoms with Gasteiger partial charge in [-0.25, -0.2) is 0 Å². The summed E-state index contributed by atoms with van der Waals surface area (Å²) in [4.78, 5) is 32.2. The average molecular weight is 202 g/mol. The van der Waals surface area contributed by atoms with Crippen molar-refractivity contribution in [3.05, 3.63) is 0 Å². The Bertz CT molecular complexity index is 231. The zero-order valence-corrected chi connectivity index (χ0v) is 8.53. The van der Waals surface area contributed by atoms with E-state index in [-0.39, 0.29) is 19.1 Å². The van der Waals surface area contributed by atoms with Gasteiger partial charge in [0.25, 0.3) is 0 Å². The molecule has 0 atom stereocenters. The van der Waals surface area contributed by atoms with Crippen LogP contribution in [0, 0.1) is 0 Å². The lowest BCUT2D eigenvalue weighted by molar-refractivity contribution is -0.153.